The Balaban J connectivity index is 2.65. The molecule has 0 amide bonds. The van der Waals surface area contributed by atoms with Gasteiger partial charge in [-0.25, -0.2) is 13.6 Å². The third-order valence-corrected chi connectivity index (χ3v) is 2.69. The molecular weight excluding hydrogens is 254 g/mol. The number of carboxylic acids is 1. The average molecular weight is 264 g/mol. The Morgan fingerprint density at radius 1 is 1.11 bits per heavy atom. The van der Waals surface area contributed by atoms with Crippen molar-refractivity contribution in [3.63, 3.8) is 0 Å². The molecule has 0 fully saturated rings. The van der Waals surface area contributed by atoms with E-state index in [-0.39, 0.29) is 16.7 Å². The summed E-state index contributed by atoms with van der Waals surface area (Å²) in [6.07, 6.45) is -1.87. The zero-order valence-electron chi connectivity index (χ0n) is 9.68. The zero-order chi connectivity index (χ0) is 14.0. The lowest BCUT2D eigenvalue weighted by Gasteiger charge is -2.13. The molecule has 0 spiro atoms. The third-order valence-electron chi connectivity index (χ3n) is 2.69. The van der Waals surface area contributed by atoms with Crippen LogP contribution in [0.1, 0.15) is 11.7 Å². The molecule has 2 aromatic carbocycles. The molecule has 0 bridgehead atoms. The van der Waals surface area contributed by atoms with Crippen molar-refractivity contribution in [1.82, 2.24) is 0 Å². The molecule has 0 aliphatic carbocycles. The van der Waals surface area contributed by atoms with E-state index in [1.807, 2.05) is 0 Å². The first-order valence-electron chi connectivity index (χ1n) is 5.46. The number of carbonyl (C=O) groups is 1. The second-order valence-electron chi connectivity index (χ2n) is 3.96. The fourth-order valence-electron chi connectivity index (χ4n) is 1.85. The lowest BCUT2D eigenvalue weighted by Crippen LogP contribution is -2.12. The number of benzene rings is 2. The van der Waals surface area contributed by atoms with Gasteiger partial charge in [0.1, 0.15) is 11.6 Å². The van der Waals surface area contributed by atoms with E-state index in [2.05, 4.69) is 0 Å². The highest BCUT2D eigenvalue weighted by Gasteiger charge is 2.22. The van der Waals surface area contributed by atoms with Crippen LogP contribution in [0.2, 0.25) is 0 Å². The smallest absolute Gasteiger partial charge is 0.337 e. The standard InChI is InChI=1S/C14H10F2O3/c15-9-4-1-3-8(7-9)12-10(13(17)14(18)19)5-2-6-11(12)16/h1-7,13,17H,(H,18,19). The van der Waals surface area contributed by atoms with Crippen molar-refractivity contribution >= 4 is 5.97 Å². The van der Waals surface area contributed by atoms with Gasteiger partial charge in [-0.2, -0.15) is 0 Å². The van der Waals surface area contributed by atoms with Gasteiger partial charge in [0.05, 0.1) is 0 Å². The first-order chi connectivity index (χ1) is 9.00. The Kier molecular flexibility index (Phi) is 3.57. The molecule has 0 heterocycles. The third kappa shape index (κ3) is 2.61. The summed E-state index contributed by atoms with van der Waals surface area (Å²) in [5.41, 5.74) is -0.0524. The fourth-order valence-corrected chi connectivity index (χ4v) is 1.85. The largest absolute Gasteiger partial charge is 0.479 e. The highest BCUT2D eigenvalue weighted by Crippen LogP contribution is 2.31. The van der Waals surface area contributed by atoms with Gasteiger partial charge in [0, 0.05) is 11.1 Å². The van der Waals surface area contributed by atoms with Crippen molar-refractivity contribution in [2.75, 3.05) is 0 Å². The van der Waals surface area contributed by atoms with Crippen LogP contribution in [0, 0.1) is 11.6 Å². The normalized spacial score (nSPS) is 12.2. The van der Waals surface area contributed by atoms with Crippen LogP contribution in [0.5, 0.6) is 0 Å². The lowest BCUT2D eigenvalue weighted by atomic mass is 9.95. The molecule has 98 valence electrons. The van der Waals surface area contributed by atoms with E-state index in [0.29, 0.717) is 0 Å². The minimum atomic E-state index is -1.87. The van der Waals surface area contributed by atoms with Crippen LogP contribution in [0.15, 0.2) is 42.5 Å². The molecule has 0 saturated carbocycles. The number of carboxylic acid groups (broad SMARTS) is 1. The Morgan fingerprint density at radius 2 is 1.79 bits per heavy atom. The van der Waals surface area contributed by atoms with Crippen molar-refractivity contribution in [3.05, 3.63) is 59.7 Å². The Morgan fingerprint density at radius 3 is 2.42 bits per heavy atom. The summed E-state index contributed by atoms with van der Waals surface area (Å²) < 4.78 is 27.0. The molecule has 0 aliphatic rings. The Bertz CT molecular complexity index is 626. The molecule has 2 N–H and O–H groups in total. The van der Waals surface area contributed by atoms with Crippen molar-refractivity contribution in [1.29, 1.82) is 0 Å². The van der Waals surface area contributed by atoms with Gasteiger partial charge in [-0.1, -0.05) is 24.3 Å². The Hall–Kier alpha value is -2.27. The van der Waals surface area contributed by atoms with E-state index in [0.717, 1.165) is 12.1 Å². The van der Waals surface area contributed by atoms with E-state index < -0.39 is 23.7 Å². The van der Waals surface area contributed by atoms with Crippen molar-refractivity contribution < 1.29 is 23.8 Å². The second-order valence-corrected chi connectivity index (χ2v) is 3.96. The highest BCUT2D eigenvalue weighted by atomic mass is 19.1. The minimum Gasteiger partial charge on any atom is -0.479 e. The van der Waals surface area contributed by atoms with E-state index in [1.165, 1.54) is 30.3 Å². The summed E-state index contributed by atoms with van der Waals surface area (Å²) >= 11 is 0. The first-order valence-corrected chi connectivity index (χ1v) is 5.46. The SMILES string of the molecule is O=C(O)C(O)c1cccc(F)c1-c1cccc(F)c1. The van der Waals surface area contributed by atoms with E-state index in [9.17, 15) is 18.7 Å². The van der Waals surface area contributed by atoms with Crippen LogP contribution in [0.25, 0.3) is 11.1 Å². The van der Waals surface area contributed by atoms with Crippen LogP contribution in [-0.2, 0) is 4.79 Å². The number of aliphatic hydroxyl groups excluding tert-OH is 1. The van der Waals surface area contributed by atoms with Gasteiger partial charge in [0.25, 0.3) is 0 Å². The summed E-state index contributed by atoms with van der Waals surface area (Å²) in [7, 11) is 0. The van der Waals surface area contributed by atoms with E-state index in [1.54, 1.807) is 0 Å². The van der Waals surface area contributed by atoms with Gasteiger partial charge in [0.15, 0.2) is 6.10 Å². The average Bonchev–Trinajstić information content (AvgIpc) is 2.37. The molecule has 0 radical (unpaired) electrons. The van der Waals surface area contributed by atoms with Crippen molar-refractivity contribution in [2.24, 2.45) is 0 Å². The lowest BCUT2D eigenvalue weighted by molar-refractivity contribution is -0.146. The summed E-state index contributed by atoms with van der Waals surface area (Å²) in [6, 6.07) is 8.81. The van der Waals surface area contributed by atoms with Crippen LogP contribution >= 0.6 is 0 Å². The van der Waals surface area contributed by atoms with Crippen LogP contribution in [-0.4, -0.2) is 16.2 Å². The summed E-state index contributed by atoms with van der Waals surface area (Å²) in [5.74, 6) is -2.79. The molecule has 0 aliphatic heterocycles. The summed E-state index contributed by atoms with van der Waals surface area (Å²) in [6.45, 7) is 0. The predicted octanol–water partition coefficient (Wildman–Crippen LogP) is 2.75. The zero-order valence-corrected chi connectivity index (χ0v) is 9.68. The quantitative estimate of drug-likeness (QED) is 0.896. The number of aliphatic carboxylic acids is 1. The van der Waals surface area contributed by atoms with Gasteiger partial charge < -0.3 is 10.2 Å². The van der Waals surface area contributed by atoms with Gasteiger partial charge in [-0.15, -0.1) is 0 Å². The van der Waals surface area contributed by atoms with Gasteiger partial charge in [-0.3, -0.25) is 0 Å². The van der Waals surface area contributed by atoms with E-state index in [4.69, 9.17) is 5.11 Å². The van der Waals surface area contributed by atoms with Gasteiger partial charge >= 0.3 is 5.97 Å². The predicted molar refractivity (Wildman–Crippen MR) is 64.4 cm³/mol. The molecule has 1 unspecified atom stereocenters. The molecule has 0 saturated heterocycles. The van der Waals surface area contributed by atoms with Crippen molar-refractivity contribution in [3.8, 4) is 11.1 Å². The van der Waals surface area contributed by atoms with Gasteiger partial charge in [0.2, 0.25) is 0 Å². The highest BCUT2D eigenvalue weighted by molar-refractivity contribution is 5.79. The number of hydrogen-bond acceptors (Lipinski definition) is 2. The molecule has 5 heteroatoms. The monoisotopic (exact) mass is 264 g/mol. The molecule has 19 heavy (non-hydrogen) atoms. The molecule has 0 aromatic heterocycles. The fraction of sp³-hybridized carbons (Fsp3) is 0.0714. The maximum absolute atomic E-state index is 13.9. The molecular formula is C14H10F2O3. The Labute approximate surface area is 107 Å². The minimum absolute atomic E-state index is 0.113. The van der Waals surface area contributed by atoms with Crippen LogP contribution in [0.4, 0.5) is 8.78 Å². The maximum Gasteiger partial charge on any atom is 0.337 e. The maximum atomic E-state index is 13.9. The summed E-state index contributed by atoms with van der Waals surface area (Å²) in [5, 5.41) is 18.4. The summed E-state index contributed by atoms with van der Waals surface area (Å²) in [4.78, 5) is 10.8. The van der Waals surface area contributed by atoms with Crippen LogP contribution < -0.4 is 0 Å². The number of halogens is 2. The molecule has 1 atom stereocenters. The topological polar surface area (TPSA) is 57.5 Å². The van der Waals surface area contributed by atoms with Gasteiger partial charge in [-0.05, 0) is 23.8 Å². The second kappa shape index (κ2) is 5.16. The number of aliphatic hydroxyl groups is 1. The molecule has 2 aromatic rings. The first kappa shape index (κ1) is 13.2. The van der Waals surface area contributed by atoms with Crippen LogP contribution in [0.3, 0.4) is 0 Å². The number of hydrogen-bond donors (Lipinski definition) is 2. The molecule has 2 rings (SSSR count). The molecule has 3 nitrogen and oxygen atoms in total. The van der Waals surface area contributed by atoms with Crippen molar-refractivity contribution in [2.45, 2.75) is 6.10 Å². The van der Waals surface area contributed by atoms with E-state index >= 15 is 0 Å². The number of rotatable bonds is 3.